The fourth-order valence-corrected chi connectivity index (χ4v) is 2.42. The van der Waals surface area contributed by atoms with Gasteiger partial charge >= 0.3 is 5.97 Å². The first-order valence-electron chi connectivity index (χ1n) is 9.49. The SMILES string of the molecule is CCOc1ccc(/C=C/C(=O)OCC(=O)NCC(=O)Nc2ccc(F)c(F)c2)cc1OC. The summed E-state index contributed by atoms with van der Waals surface area (Å²) in [6, 6.07) is 7.93. The summed E-state index contributed by atoms with van der Waals surface area (Å²) in [5.41, 5.74) is 0.686. The van der Waals surface area contributed by atoms with E-state index in [4.69, 9.17) is 14.2 Å². The molecule has 0 aromatic heterocycles. The van der Waals surface area contributed by atoms with Gasteiger partial charge in [0.2, 0.25) is 5.91 Å². The van der Waals surface area contributed by atoms with Crippen molar-refractivity contribution in [1.29, 1.82) is 0 Å². The van der Waals surface area contributed by atoms with E-state index in [0.29, 0.717) is 23.7 Å². The van der Waals surface area contributed by atoms with Crippen LogP contribution >= 0.6 is 0 Å². The van der Waals surface area contributed by atoms with Gasteiger partial charge in [0.25, 0.3) is 5.91 Å². The molecule has 0 radical (unpaired) electrons. The molecule has 0 spiro atoms. The molecule has 0 atom stereocenters. The lowest BCUT2D eigenvalue weighted by atomic mass is 10.2. The van der Waals surface area contributed by atoms with Crippen LogP contribution in [0.25, 0.3) is 6.08 Å². The van der Waals surface area contributed by atoms with Gasteiger partial charge < -0.3 is 24.8 Å². The first-order valence-corrected chi connectivity index (χ1v) is 9.49. The van der Waals surface area contributed by atoms with Gasteiger partial charge in [0.05, 0.1) is 20.3 Å². The van der Waals surface area contributed by atoms with Crippen molar-refractivity contribution in [3.63, 3.8) is 0 Å². The molecule has 0 heterocycles. The number of halogens is 2. The molecular weight excluding hydrogens is 426 g/mol. The van der Waals surface area contributed by atoms with Crippen LogP contribution in [-0.4, -0.2) is 44.7 Å². The number of methoxy groups -OCH3 is 1. The minimum Gasteiger partial charge on any atom is -0.493 e. The molecule has 2 N–H and O–H groups in total. The summed E-state index contributed by atoms with van der Waals surface area (Å²) < 4.78 is 41.4. The van der Waals surface area contributed by atoms with Crippen molar-refractivity contribution in [2.45, 2.75) is 6.92 Å². The minimum absolute atomic E-state index is 0.0330. The van der Waals surface area contributed by atoms with E-state index in [0.717, 1.165) is 18.2 Å². The molecule has 170 valence electrons. The van der Waals surface area contributed by atoms with E-state index >= 15 is 0 Å². The Morgan fingerprint density at radius 1 is 1.00 bits per heavy atom. The van der Waals surface area contributed by atoms with E-state index in [1.807, 2.05) is 6.92 Å². The molecule has 0 saturated heterocycles. The summed E-state index contributed by atoms with van der Waals surface area (Å²) in [5, 5.41) is 4.53. The Kier molecular flexibility index (Phi) is 9.15. The van der Waals surface area contributed by atoms with Crippen molar-refractivity contribution in [1.82, 2.24) is 5.32 Å². The molecule has 8 nitrogen and oxygen atoms in total. The second-order valence-electron chi connectivity index (χ2n) is 6.24. The summed E-state index contributed by atoms with van der Waals surface area (Å²) in [7, 11) is 1.50. The molecule has 2 rings (SSSR count). The number of amides is 2. The third-order valence-electron chi connectivity index (χ3n) is 3.89. The highest BCUT2D eigenvalue weighted by atomic mass is 19.2. The number of carbonyl (C=O) groups excluding carboxylic acids is 3. The molecule has 0 saturated carbocycles. The third kappa shape index (κ3) is 7.71. The average molecular weight is 448 g/mol. The van der Waals surface area contributed by atoms with E-state index in [2.05, 4.69) is 10.6 Å². The highest BCUT2D eigenvalue weighted by Gasteiger charge is 2.10. The molecule has 32 heavy (non-hydrogen) atoms. The van der Waals surface area contributed by atoms with Gasteiger partial charge in [0, 0.05) is 17.8 Å². The first-order chi connectivity index (χ1) is 15.3. The predicted molar refractivity (Wildman–Crippen MR) is 112 cm³/mol. The van der Waals surface area contributed by atoms with Crippen LogP contribution in [0.2, 0.25) is 0 Å². The summed E-state index contributed by atoms with van der Waals surface area (Å²) in [5.74, 6) is -3.23. The van der Waals surface area contributed by atoms with Crippen molar-refractivity contribution in [2.75, 3.05) is 32.2 Å². The van der Waals surface area contributed by atoms with Crippen LogP contribution in [0.15, 0.2) is 42.5 Å². The first kappa shape index (κ1) is 24.3. The Labute approximate surface area is 183 Å². The molecule has 0 bridgehead atoms. The number of hydrogen-bond acceptors (Lipinski definition) is 6. The Morgan fingerprint density at radius 3 is 2.47 bits per heavy atom. The lowest BCUT2D eigenvalue weighted by Gasteiger charge is -2.09. The van der Waals surface area contributed by atoms with Crippen molar-refractivity contribution in [2.24, 2.45) is 0 Å². The largest absolute Gasteiger partial charge is 0.493 e. The standard InChI is InChI=1S/C22H22F2N2O6/c1-3-31-18-8-4-14(10-19(18)30-2)5-9-22(29)32-13-21(28)25-12-20(27)26-15-6-7-16(23)17(24)11-15/h4-11H,3,12-13H2,1-2H3,(H,25,28)(H,26,27)/b9-5+. The highest BCUT2D eigenvalue weighted by Crippen LogP contribution is 2.28. The summed E-state index contributed by atoms with van der Waals surface area (Å²) in [6.45, 7) is 1.27. The average Bonchev–Trinajstić information content (AvgIpc) is 2.78. The number of benzene rings is 2. The molecular formula is C22H22F2N2O6. The molecule has 2 aromatic rings. The van der Waals surface area contributed by atoms with Gasteiger partial charge in [-0.2, -0.15) is 0 Å². The second kappa shape index (κ2) is 12.0. The number of anilines is 1. The topological polar surface area (TPSA) is 103 Å². The summed E-state index contributed by atoms with van der Waals surface area (Å²) in [4.78, 5) is 35.3. The van der Waals surface area contributed by atoms with Gasteiger partial charge in [0.15, 0.2) is 29.7 Å². The van der Waals surface area contributed by atoms with Gasteiger partial charge in [-0.25, -0.2) is 13.6 Å². The Balaban J connectivity index is 1.75. The zero-order valence-electron chi connectivity index (χ0n) is 17.4. The number of ether oxygens (including phenoxy) is 3. The van der Waals surface area contributed by atoms with Crippen LogP contribution in [0.1, 0.15) is 12.5 Å². The van der Waals surface area contributed by atoms with Crippen LogP contribution in [0.3, 0.4) is 0 Å². The minimum atomic E-state index is -1.12. The van der Waals surface area contributed by atoms with E-state index in [-0.39, 0.29) is 5.69 Å². The Morgan fingerprint density at radius 2 is 1.78 bits per heavy atom. The fraction of sp³-hybridized carbons (Fsp3) is 0.227. The smallest absolute Gasteiger partial charge is 0.331 e. The highest BCUT2D eigenvalue weighted by molar-refractivity contribution is 5.95. The summed E-state index contributed by atoms with van der Waals surface area (Å²) >= 11 is 0. The number of hydrogen-bond donors (Lipinski definition) is 2. The van der Waals surface area contributed by atoms with Gasteiger partial charge in [-0.05, 0) is 42.8 Å². The third-order valence-corrected chi connectivity index (χ3v) is 3.89. The maximum Gasteiger partial charge on any atom is 0.331 e. The fourth-order valence-electron chi connectivity index (χ4n) is 2.42. The normalized spacial score (nSPS) is 10.5. The maximum absolute atomic E-state index is 13.1. The van der Waals surface area contributed by atoms with Crippen molar-refractivity contribution in [3.8, 4) is 11.5 Å². The van der Waals surface area contributed by atoms with Crippen molar-refractivity contribution < 1.29 is 37.4 Å². The van der Waals surface area contributed by atoms with Crippen LogP contribution in [0.5, 0.6) is 11.5 Å². The van der Waals surface area contributed by atoms with Crippen LogP contribution in [-0.2, 0) is 19.1 Å². The maximum atomic E-state index is 13.1. The van der Waals surface area contributed by atoms with E-state index in [9.17, 15) is 23.2 Å². The number of carbonyl (C=O) groups is 3. The van der Waals surface area contributed by atoms with Crippen molar-refractivity contribution in [3.05, 3.63) is 59.7 Å². The molecule has 2 aromatic carbocycles. The Hall–Kier alpha value is -3.95. The summed E-state index contributed by atoms with van der Waals surface area (Å²) in [6.07, 6.45) is 2.62. The lowest BCUT2D eigenvalue weighted by molar-refractivity contribution is -0.143. The predicted octanol–water partition coefficient (Wildman–Crippen LogP) is 2.68. The molecule has 10 heteroatoms. The van der Waals surface area contributed by atoms with Gasteiger partial charge in [-0.1, -0.05) is 6.07 Å². The van der Waals surface area contributed by atoms with E-state index < -0.39 is 42.6 Å². The molecule has 0 aliphatic heterocycles. The van der Waals surface area contributed by atoms with E-state index in [1.165, 1.54) is 19.3 Å². The molecule has 0 aliphatic carbocycles. The molecule has 2 amide bonds. The van der Waals surface area contributed by atoms with Gasteiger partial charge in [-0.3, -0.25) is 9.59 Å². The lowest BCUT2D eigenvalue weighted by Crippen LogP contribution is -2.35. The zero-order valence-corrected chi connectivity index (χ0v) is 17.4. The Bertz CT molecular complexity index is 1010. The van der Waals surface area contributed by atoms with Crippen molar-refractivity contribution >= 4 is 29.5 Å². The van der Waals surface area contributed by atoms with Gasteiger partial charge in [0.1, 0.15) is 0 Å². The van der Waals surface area contributed by atoms with Crippen LogP contribution in [0.4, 0.5) is 14.5 Å². The number of rotatable bonds is 10. The zero-order chi connectivity index (χ0) is 23.5. The quantitative estimate of drug-likeness (QED) is 0.428. The van der Waals surface area contributed by atoms with Crippen LogP contribution < -0.4 is 20.1 Å². The monoisotopic (exact) mass is 448 g/mol. The molecule has 0 aliphatic rings. The molecule has 0 unspecified atom stereocenters. The molecule has 0 fully saturated rings. The van der Waals surface area contributed by atoms with E-state index in [1.54, 1.807) is 18.2 Å². The number of esters is 1. The van der Waals surface area contributed by atoms with Crippen LogP contribution in [0, 0.1) is 11.6 Å². The number of nitrogens with one attached hydrogen (secondary N) is 2. The van der Waals surface area contributed by atoms with Gasteiger partial charge in [-0.15, -0.1) is 0 Å². The second-order valence-corrected chi connectivity index (χ2v) is 6.24.